The highest BCUT2D eigenvalue weighted by atomic mass is 35.5. The summed E-state index contributed by atoms with van der Waals surface area (Å²) in [5.74, 6) is 0.207. The Morgan fingerprint density at radius 1 is 1.16 bits per heavy atom. The number of benzene rings is 2. The number of hydrogen-bond acceptors (Lipinski definition) is 4. The van der Waals surface area contributed by atoms with Gasteiger partial charge in [-0.3, -0.25) is 4.79 Å². The highest BCUT2D eigenvalue weighted by Crippen LogP contribution is 2.29. The van der Waals surface area contributed by atoms with Crippen LogP contribution in [0.25, 0.3) is 0 Å². The van der Waals surface area contributed by atoms with Gasteiger partial charge >= 0.3 is 0 Å². The summed E-state index contributed by atoms with van der Waals surface area (Å²) in [6.07, 6.45) is -0.445. The van der Waals surface area contributed by atoms with Crippen molar-refractivity contribution >= 4 is 50.5 Å². The van der Waals surface area contributed by atoms with Crippen LogP contribution >= 0.6 is 34.8 Å². The van der Waals surface area contributed by atoms with Crippen molar-refractivity contribution in [3.05, 3.63) is 62.1 Å². The Morgan fingerprint density at radius 2 is 1.81 bits per heavy atom. The minimum Gasteiger partial charge on any atom is -0.481 e. The molecule has 0 spiro atoms. The molecule has 168 valence electrons. The summed E-state index contributed by atoms with van der Waals surface area (Å²) in [4.78, 5) is 14.9. The third-order valence-corrected chi connectivity index (χ3v) is 8.29. The smallest absolute Gasteiger partial charge is 0.263 e. The number of sulfone groups is 1. The van der Waals surface area contributed by atoms with E-state index in [0.717, 1.165) is 11.1 Å². The molecule has 1 fully saturated rings. The molecule has 1 amide bonds. The van der Waals surface area contributed by atoms with Crippen LogP contribution in [0.3, 0.4) is 0 Å². The third kappa shape index (κ3) is 5.86. The summed E-state index contributed by atoms with van der Waals surface area (Å²) in [6.45, 7) is 5.56. The number of carbonyl (C=O) groups excluding carboxylic acids is 1. The lowest BCUT2D eigenvalue weighted by atomic mass is 10.1. The highest BCUT2D eigenvalue weighted by molar-refractivity contribution is 7.91. The minimum absolute atomic E-state index is 0.0562. The lowest BCUT2D eigenvalue weighted by Crippen LogP contribution is -2.46. The van der Waals surface area contributed by atoms with Crippen LogP contribution in [0.1, 0.15) is 30.0 Å². The van der Waals surface area contributed by atoms with E-state index in [1.165, 1.54) is 0 Å². The lowest BCUT2D eigenvalue weighted by molar-refractivity contribution is -0.140. The van der Waals surface area contributed by atoms with Gasteiger partial charge in [-0.15, -0.1) is 0 Å². The zero-order chi connectivity index (χ0) is 22.9. The van der Waals surface area contributed by atoms with Crippen LogP contribution < -0.4 is 4.74 Å². The highest BCUT2D eigenvalue weighted by Gasteiger charge is 2.37. The fraction of sp³-hybridized carbons (Fsp3) is 0.409. The molecular formula is C22H24Cl3NO4S. The van der Waals surface area contributed by atoms with Gasteiger partial charge in [-0.25, -0.2) is 8.42 Å². The van der Waals surface area contributed by atoms with Crippen molar-refractivity contribution in [3.63, 3.8) is 0 Å². The van der Waals surface area contributed by atoms with Crippen LogP contribution in [0.15, 0.2) is 30.3 Å². The van der Waals surface area contributed by atoms with Gasteiger partial charge in [0, 0.05) is 27.7 Å². The van der Waals surface area contributed by atoms with Gasteiger partial charge in [-0.2, -0.15) is 0 Å². The number of nitrogens with zero attached hydrogens (tertiary/aromatic N) is 1. The first-order chi connectivity index (χ1) is 14.5. The molecule has 9 heteroatoms. The third-order valence-electron chi connectivity index (χ3n) is 5.36. The summed E-state index contributed by atoms with van der Waals surface area (Å²) in [5.41, 5.74) is 2.39. The van der Waals surface area contributed by atoms with Crippen LogP contribution in [0.4, 0.5) is 0 Å². The molecule has 1 aliphatic heterocycles. The van der Waals surface area contributed by atoms with Crippen LogP contribution in [0.2, 0.25) is 15.1 Å². The molecule has 5 nitrogen and oxygen atoms in total. The van der Waals surface area contributed by atoms with Gasteiger partial charge in [-0.05, 0) is 68.1 Å². The van der Waals surface area contributed by atoms with Crippen LogP contribution in [0, 0.1) is 13.8 Å². The SMILES string of the molecule is Cc1cc(O[C@@H](C)C(=O)N(Cc2ccc(Cl)cc2Cl)[C@@H]2CCS(=O)(=O)C2)cc(C)c1Cl. The van der Waals surface area contributed by atoms with Crippen LogP contribution in [-0.4, -0.2) is 42.9 Å². The van der Waals surface area contributed by atoms with Crippen LogP contribution in [0.5, 0.6) is 5.75 Å². The monoisotopic (exact) mass is 503 g/mol. The van der Waals surface area contributed by atoms with Crippen molar-refractivity contribution < 1.29 is 17.9 Å². The molecule has 1 saturated heterocycles. The fourth-order valence-electron chi connectivity index (χ4n) is 3.70. The molecule has 1 heterocycles. The number of halogens is 3. The van der Waals surface area contributed by atoms with E-state index in [2.05, 4.69) is 0 Å². The Bertz CT molecular complexity index is 1080. The Labute approximate surface area is 198 Å². The molecule has 0 unspecified atom stereocenters. The number of aryl methyl sites for hydroxylation is 2. The van der Waals surface area contributed by atoms with Crippen molar-refractivity contribution in [1.82, 2.24) is 4.90 Å². The van der Waals surface area contributed by atoms with E-state index in [4.69, 9.17) is 39.5 Å². The first-order valence-corrected chi connectivity index (χ1v) is 12.8. The molecule has 0 aliphatic carbocycles. The van der Waals surface area contributed by atoms with Crippen molar-refractivity contribution in [3.8, 4) is 5.75 Å². The maximum Gasteiger partial charge on any atom is 0.263 e. The molecule has 0 N–H and O–H groups in total. The van der Waals surface area contributed by atoms with Crippen molar-refractivity contribution in [2.45, 2.75) is 45.9 Å². The normalized spacial score (nSPS) is 18.6. The average Bonchev–Trinajstić information content (AvgIpc) is 3.04. The predicted octanol–water partition coefficient (Wildman–Crippen LogP) is 5.25. The number of carbonyl (C=O) groups is 1. The maximum absolute atomic E-state index is 13.4. The molecule has 1 aliphatic rings. The molecular weight excluding hydrogens is 481 g/mol. The van der Waals surface area contributed by atoms with E-state index in [9.17, 15) is 13.2 Å². The molecule has 3 rings (SSSR count). The van der Waals surface area contributed by atoms with Crippen molar-refractivity contribution in [2.75, 3.05) is 11.5 Å². The van der Waals surface area contributed by atoms with Crippen molar-refractivity contribution in [1.29, 1.82) is 0 Å². The zero-order valence-corrected chi connectivity index (χ0v) is 20.6. The van der Waals surface area contributed by atoms with E-state index in [1.54, 1.807) is 42.2 Å². The number of hydrogen-bond donors (Lipinski definition) is 0. The van der Waals surface area contributed by atoms with E-state index in [1.807, 2.05) is 13.8 Å². The number of rotatable bonds is 6. The van der Waals surface area contributed by atoms with Gasteiger partial charge in [-0.1, -0.05) is 40.9 Å². The second kappa shape index (κ2) is 9.57. The quantitative estimate of drug-likeness (QED) is 0.539. The molecule has 0 bridgehead atoms. The molecule has 0 radical (unpaired) electrons. The molecule has 2 atom stereocenters. The van der Waals surface area contributed by atoms with Crippen molar-refractivity contribution in [2.24, 2.45) is 0 Å². The predicted molar refractivity (Wildman–Crippen MR) is 125 cm³/mol. The van der Waals surface area contributed by atoms with Gasteiger partial charge in [0.2, 0.25) is 0 Å². The molecule has 31 heavy (non-hydrogen) atoms. The Balaban J connectivity index is 1.86. The van der Waals surface area contributed by atoms with Gasteiger partial charge < -0.3 is 9.64 Å². The van der Waals surface area contributed by atoms with Gasteiger partial charge in [0.15, 0.2) is 15.9 Å². The molecule has 0 saturated carbocycles. The van der Waals surface area contributed by atoms with Gasteiger partial charge in [0.25, 0.3) is 5.91 Å². The summed E-state index contributed by atoms with van der Waals surface area (Å²) in [5, 5.41) is 1.56. The Kier molecular flexibility index (Phi) is 7.47. The summed E-state index contributed by atoms with van der Waals surface area (Å²) >= 11 is 18.5. The maximum atomic E-state index is 13.4. The fourth-order valence-corrected chi connectivity index (χ4v) is 6.01. The molecule has 2 aromatic rings. The number of ether oxygens (including phenoxy) is 1. The second-order valence-corrected chi connectivity index (χ2v) is 11.3. The lowest BCUT2D eigenvalue weighted by Gasteiger charge is -2.31. The summed E-state index contributed by atoms with van der Waals surface area (Å²) in [7, 11) is -3.19. The zero-order valence-electron chi connectivity index (χ0n) is 17.5. The second-order valence-electron chi connectivity index (χ2n) is 7.89. The topological polar surface area (TPSA) is 63.7 Å². The largest absolute Gasteiger partial charge is 0.481 e. The first-order valence-electron chi connectivity index (χ1n) is 9.85. The van der Waals surface area contributed by atoms with Gasteiger partial charge in [0.05, 0.1) is 11.5 Å². The minimum atomic E-state index is -3.19. The summed E-state index contributed by atoms with van der Waals surface area (Å²) in [6, 6.07) is 8.15. The van der Waals surface area contributed by atoms with E-state index < -0.39 is 22.0 Å². The molecule has 0 aromatic heterocycles. The summed E-state index contributed by atoms with van der Waals surface area (Å²) < 4.78 is 30.1. The van der Waals surface area contributed by atoms with E-state index in [0.29, 0.717) is 32.8 Å². The van der Waals surface area contributed by atoms with Crippen LogP contribution in [-0.2, 0) is 21.2 Å². The van der Waals surface area contributed by atoms with Gasteiger partial charge in [0.1, 0.15) is 5.75 Å². The standard InChI is InChI=1S/C22H24Cl3NO4S/c1-13-8-19(9-14(2)21(13)25)30-15(3)22(27)26(18-6-7-31(28,29)12-18)11-16-4-5-17(23)10-20(16)24/h4-5,8-10,15,18H,6-7,11-12H2,1-3H3/t15-,18+/m0/s1. The average molecular weight is 505 g/mol. The first kappa shape index (κ1) is 24.2. The Morgan fingerprint density at radius 3 is 2.35 bits per heavy atom. The van der Waals surface area contributed by atoms with E-state index in [-0.39, 0.29) is 24.0 Å². The van der Waals surface area contributed by atoms with E-state index >= 15 is 0 Å². The molecule has 2 aromatic carbocycles. The Hall–Kier alpha value is -1.47. The number of amides is 1.